The van der Waals surface area contributed by atoms with E-state index in [1.54, 1.807) is 50.5 Å². The fraction of sp³-hybridized carbons (Fsp3) is 0.364. The number of pyridine rings is 2. The van der Waals surface area contributed by atoms with E-state index >= 15 is 0 Å². The monoisotopic (exact) mass is 662 g/mol. The number of nitrogens with zero attached hydrogens (tertiary/aromatic N) is 6. The van der Waals surface area contributed by atoms with E-state index in [1.807, 2.05) is 0 Å². The highest BCUT2D eigenvalue weighted by Gasteiger charge is 2.36. The van der Waals surface area contributed by atoms with Crippen LogP contribution in [0, 0.1) is 0 Å². The summed E-state index contributed by atoms with van der Waals surface area (Å²) in [7, 11) is 0. The Hall–Kier alpha value is -2.28. The van der Waals surface area contributed by atoms with Crippen molar-refractivity contribution in [1.82, 2.24) is 9.97 Å². The lowest BCUT2D eigenvalue weighted by Crippen LogP contribution is -2.36. The molecule has 2 aliphatic rings. The summed E-state index contributed by atoms with van der Waals surface area (Å²) in [6.45, 7) is 4.19. The molecule has 0 saturated heterocycles. The van der Waals surface area contributed by atoms with Gasteiger partial charge in [-0.05, 0) is 70.0 Å². The molecule has 14 heteroatoms. The Balaban J connectivity index is 0.000000201. The minimum absolute atomic E-state index is 0.330. The number of hydrogen-bond donors (Lipinski definition) is 0. The van der Waals surface area contributed by atoms with Crippen molar-refractivity contribution in [2.45, 2.75) is 38.8 Å². The first-order valence-corrected chi connectivity index (χ1v) is 13.2. The van der Waals surface area contributed by atoms with Crippen LogP contribution in [0.4, 0.5) is 11.6 Å². The Morgan fingerprint density at radius 3 is 1.58 bits per heavy atom. The highest BCUT2D eigenvalue weighted by Crippen LogP contribution is 2.31. The first kappa shape index (κ1) is 28.3. The number of halogens is 4. The zero-order valence-electron chi connectivity index (χ0n) is 19.3. The second-order valence-corrected chi connectivity index (χ2v) is 9.85. The van der Waals surface area contributed by atoms with Gasteiger partial charge in [0.1, 0.15) is 9.24 Å². The Morgan fingerprint density at radius 1 is 0.861 bits per heavy atom. The molecule has 0 radical (unpaired) electrons. The van der Waals surface area contributed by atoms with Gasteiger partial charge in [0, 0.05) is 25.2 Å². The number of rotatable bonds is 6. The third kappa shape index (κ3) is 6.93. The second kappa shape index (κ2) is 13.3. The zero-order valence-corrected chi connectivity index (χ0v) is 24.0. The van der Waals surface area contributed by atoms with Gasteiger partial charge in [0.15, 0.2) is 23.7 Å². The summed E-state index contributed by atoms with van der Waals surface area (Å²) in [5.74, 6) is 0.230. The van der Waals surface area contributed by atoms with E-state index in [0.29, 0.717) is 57.0 Å². The molecule has 36 heavy (non-hydrogen) atoms. The summed E-state index contributed by atoms with van der Waals surface area (Å²) in [6.07, 6.45) is 4.10. The van der Waals surface area contributed by atoms with E-state index < -0.39 is 12.1 Å². The van der Waals surface area contributed by atoms with Crippen molar-refractivity contribution in [3.8, 4) is 0 Å². The van der Waals surface area contributed by atoms with Crippen molar-refractivity contribution in [1.29, 1.82) is 0 Å². The van der Waals surface area contributed by atoms with Gasteiger partial charge in [-0.25, -0.2) is 29.6 Å². The molecule has 10 nitrogen and oxygen atoms in total. The number of carbonyl (C=O) groups is 2. The molecule has 2 aliphatic heterocycles. The van der Waals surface area contributed by atoms with Crippen molar-refractivity contribution in [2.75, 3.05) is 23.2 Å². The van der Waals surface area contributed by atoms with Crippen LogP contribution in [0.15, 0.2) is 46.9 Å². The lowest BCUT2D eigenvalue weighted by Gasteiger charge is -2.21. The molecule has 0 bridgehead atoms. The number of carbonyl (C=O) groups excluding carboxylic acids is 2. The summed E-state index contributed by atoms with van der Waals surface area (Å²) < 4.78 is 11.4. The molecule has 0 N–H and O–H groups in total. The smallest absolute Gasteiger partial charge is 0.331 e. The maximum absolute atomic E-state index is 11.9. The quantitative estimate of drug-likeness (QED) is 0.389. The lowest BCUT2D eigenvalue weighted by molar-refractivity contribution is -0.145. The molecule has 0 aromatic carbocycles. The molecule has 0 saturated carbocycles. The van der Waals surface area contributed by atoms with Gasteiger partial charge in [0.05, 0.1) is 23.3 Å². The van der Waals surface area contributed by atoms with Crippen molar-refractivity contribution < 1.29 is 19.1 Å². The minimum atomic E-state index is -0.522. The zero-order chi connectivity index (χ0) is 26.2. The topological polar surface area (TPSA) is 110 Å². The molecule has 2 atom stereocenters. The first-order chi connectivity index (χ1) is 17.3. The van der Waals surface area contributed by atoms with Crippen molar-refractivity contribution in [3.63, 3.8) is 0 Å². The largest absolute Gasteiger partial charge is 0.464 e. The van der Waals surface area contributed by atoms with E-state index in [0.717, 1.165) is 0 Å². The van der Waals surface area contributed by atoms with E-state index in [-0.39, 0.29) is 11.9 Å². The second-order valence-electron chi connectivity index (χ2n) is 7.20. The minimum Gasteiger partial charge on any atom is -0.464 e. The van der Waals surface area contributed by atoms with Crippen LogP contribution in [0.2, 0.25) is 10.0 Å². The van der Waals surface area contributed by atoms with Crippen molar-refractivity contribution in [2.24, 2.45) is 10.2 Å². The first-order valence-electron chi connectivity index (χ1n) is 10.9. The molecule has 0 unspecified atom stereocenters. The average molecular weight is 665 g/mol. The van der Waals surface area contributed by atoms with Crippen LogP contribution in [-0.2, 0) is 19.1 Å². The summed E-state index contributed by atoms with van der Waals surface area (Å²) >= 11 is 18.7. The van der Waals surface area contributed by atoms with Crippen molar-refractivity contribution in [3.05, 3.63) is 46.7 Å². The maximum atomic E-state index is 11.9. The molecule has 4 rings (SSSR count). The third-order valence-electron chi connectivity index (χ3n) is 4.78. The third-order valence-corrected chi connectivity index (χ3v) is 6.33. The molecule has 2 aromatic heterocycles. The van der Waals surface area contributed by atoms with E-state index in [9.17, 15) is 9.59 Å². The summed E-state index contributed by atoms with van der Waals surface area (Å²) in [6, 6.07) is 5.81. The van der Waals surface area contributed by atoms with Gasteiger partial charge in [-0.1, -0.05) is 23.2 Å². The van der Waals surface area contributed by atoms with Crippen LogP contribution in [0.3, 0.4) is 0 Å². The van der Waals surface area contributed by atoms with Crippen molar-refractivity contribution >= 4 is 87.9 Å². The van der Waals surface area contributed by atoms with Gasteiger partial charge in [-0.2, -0.15) is 10.2 Å². The van der Waals surface area contributed by atoms with Gasteiger partial charge < -0.3 is 9.47 Å². The SMILES string of the molecule is CCOC(=O)[C@@H]1CC(Br)=NN1c1ncccc1Cl.CCOC(=O)[C@H]1CC(Br)=NN1c1ncccc1Cl. The van der Waals surface area contributed by atoms with Crippen LogP contribution in [0.1, 0.15) is 26.7 Å². The highest BCUT2D eigenvalue weighted by molar-refractivity contribution is 9.18. The number of hydrogen-bond acceptors (Lipinski definition) is 10. The lowest BCUT2D eigenvalue weighted by atomic mass is 10.2. The van der Waals surface area contributed by atoms with Crippen LogP contribution < -0.4 is 10.0 Å². The molecular weight excluding hydrogens is 643 g/mol. The van der Waals surface area contributed by atoms with Gasteiger partial charge in [-0.3, -0.25) is 0 Å². The molecular formula is C22H22Br2Cl2N6O4. The maximum Gasteiger partial charge on any atom is 0.331 e. The number of hydrazone groups is 2. The summed E-state index contributed by atoms with van der Waals surface area (Å²) in [4.78, 5) is 32.0. The van der Waals surface area contributed by atoms with Gasteiger partial charge in [0.2, 0.25) is 0 Å². The van der Waals surface area contributed by atoms with E-state index in [2.05, 4.69) is 52.0 Å². The fourth-order valence-corrected chi connectivity index (χ4v) is 4.64. The molecule has 0 spiro atoms. The number of ether oxygens (including phenoxy) is 2. The van der Waals surface area contributed by atoms with Crippen LogP contribution in [-0.4, -0.2) is 56.4 Å². The molecule has 0 aliphatic carbocycles. The van der Waals surface area contributed by atoms with E-state index in [1.165, 1.54) is 10.0 Å². The molecule has 192 valence electrons. The Bertz CT molecular complexity index is 1080. The molecule has 0 fully saturated rings. The molecule has 0 amide bonds. The van der Waals surface area contributed by atoms with Gasteiger partial charge >= 0.3 is 11.9 Å². The van der Waals surface area contributed by atoms with E-state index in [4.69, 9.17) is 32.7 Å². The Morgan fingerprint density at radius 2 is 1.25 bits per heavy atom. The predicted octanol–water partition coefficient (Wildman–Crippen LogP) is 5.17. The standard InChI is InChI=1S/2C11H11BrClN3O2/c2*1-2-18-11(17)8-6-9(12)15-16(8)10-7(13)4-3-5-14-10/h2*3-5,8H,2,6H2,1H3/t2*8-/m10/s1. The normalized spacial score (nSPS) is 18.7. The number of anilines is 2. The molecule has 2 aromatic rings. The van der Waals surface area contributed by atoms with Crippen LogP contribution >= 0.6 is 55.1 Å². The molecule has 4 heterocycles. The summed E-state index contributed by atoms with van der Waals surface area (Å²) in [5, 5.41) is 12.3. The average Bonchev–Trinajstić information content (AvgIpc) is 3.43. The summed E-state index contributed by atoms with van der Waals surface area (Å²) in [5.41, 5.74) is 0. The van der Waals surface area contributed by atoms with Crippen LogP contribution in [0.25, 0.3) is 0 Å². The van der Waals surface area contributed by atoms with Gasteiger partial charge in [0.25, 0.3) is 0 Å². The Labute approximate surface area is 234 Å². The fourth-order valence-electron chi connectivity index (χ4n) is 3.27. The highest BCUT2D eigenvalue weighted by atomic mass is 79.9. The Kier molecular flexibility index (Phi) is 10.5. The number of esters is 2. The van der Waals surface area contributed by atoms with Gasteiger partial charge in [-0.15, -0.1) is 0 Å². The van der Waals surface area contributed by atoms with Crippen LogP contribution in [0.5, 0.6) is 0 Å². The number of aromatic nitrogens is 2. The predicted molar refractivity (Wildman–Crippen MR) is 146 cm³/mol.